The number of likely N-dealkylation sites (N-methyl/N-ethyl adjacent to an activating group) is 1. The molecular weight excluding hydrogens is 319 g/mol. The van der Waals surface area contributed by atoms with Crippen LogP contribution < -0.4 is 0 Å². The predicted octanol–water partition coefficient (Wildman–Crippen LogP) is 0.831. The molecule has 1 aliphatic heterocycles. The van der Waals surface area contributed by atoms with Gasteiger partial charge in [0.1, 0.15) is 6.10 Å². The summed E-state index contributed by atoms with van der Waals surface area (Å²) in [6.45, 7) is 12.7. The molecule has 0 saturated carbocycles. The molecule has 4 nitrogen and oxygen atoms in total. The summed E-state index contributed by atoms with van der Waals surface area (Å²) < 4.78 is 5.01. The smallest absolute Gasteiger partial charge is 0.251 e. The number of piperazine rings is 1. The van der Waals surface area contributed by atoms with Gasteiger partial charge in [0.25, 0.3) is 5.91 Å². The summed E-state index contributed by atoms with van der Waals surface area (Å²) in [4.78, 5) is 15.9. The summed E-state index contributed by atoms with van der Waals surface area (Å²) in [5.74, 6) is 0.114. The molecule has 0 aromatic rings. The molecule has 0 bridgehead atoms. The molecule has 1 heterocycles. The minimum absolute atomic E-state index is 0. The van der Waals surface area contributed by atoms with Crippen molar-refractivity contribution in [1.82, 2.24) is 9.80 Å². The van der Waals surface area contributed by atoms with Crippen LogP contribution in [0.1, 0.15) is 27.7 Å². The van der Waals surface area contributed by atoms with E-state index < -0.39 is 0 Å². The van der Waals surface area contributed by atoms with Gasteiger partial charge in [-0.1, -0.05) is 20.8 Å². The fourth-order valence-electron chi connectivity index (χ4n) is 1.64. The van der Waals surface area contributed by atoms with Crippen molar-refractivity contribution < 1.29 is 9.53 Å². The van der Waals surface area contributed by atoms with E-state index in [1.807, 2.05) is 18.7 Å². The van der Waals surface area contributed by atoms with Gasteiger partial charge in [0, 0.05) is 59.1 Å². The van der Waals surface area contributed by atoms with Gasteiger partial charge in [0.2, 0.25) is 0 Å². The summed E-state index contributed by atoms with van der Waals surface area (Å²) in [6, 6.07) is 0. The number of ether oxygens (including phenoxy) is 1. The van der Waals surface area contributed by atoms with Crippen LogP contribution in [0.2, 0.25) is 0 Å². The molecule has 17 heavy (non-hydrogen) atoms. The van der Waals surface area contributed by atoms with Crippen molar-refractivity contribution in [3.05, 3.63) is 0 Å². The minimum atomic E-state index is -0.303. The monoisotopic (exact) mass is 345 g/mol. The zero-order valence-electron chi connectivity index (χ0n) is 11.9. The zero-order valence-corrected chi connectivity index (χ0v) is 15.2. The Morgan fingerprint density at radius 1 is 1.24 bits per heavy atom. The Bertz CT molecular complexity index is 195. The van der Waals surface area contributed by atoms with Crippen LogP contribution in [0.4, 0.5) is 0 Å². The van der Waals surface area contributed by atoms with Gasteiger partial charge in [-0.25, -0.2) is 0 Å². The largest absolute Gasteiger partial charge is 0.372 e. The standard InChI is InChI=1S/C10H20N2O2.C2H6.In/c1-4-11-5-7-12(8-6-11)10(13)9(2)14-3;1-2;/h9H,4-8H2,1-3H3;1-2H3;. The van der Waals surface area contributed by atoms with E-state index in [1.165, 1.54) is 0 Å². The summed E-state index contributed by atoms with van der Waals surface area (Å²) >= 11 is 0. The number of nitrogens with zero attached hydrogens (tertiary/aromatic N) is 2. The van der Waals surface area contributed by atoms with Crippen molar-refractivity contribution in [2.45, 2.75) is 33.8 Å². The Balaban J connectivity index is 0. The Kier molecular flexibility index (Phi) is 13.1. The number of hydrogen-bond acceptors (Lipinski definition) is 3. The molecule has 5 heteroatoms. The van der Waals surface area contributed by atoms with E-state index in [4.69, 9.17) is 4.74 Å². The molecule has 99 valence electrons. The van der Waals surface area contributed by atoms with E-state index in [1.54, 1.807) is 14.0 Å². The Hall–Kier alpha value is 0.260. The van der Waals surface area contributed by atoms with Crippen LogP contribution in [0.3, 0.4) is 0 Å². The molecule has 0 aliphatic carbocycles. The van der Waals surface area contributed by atoms with Crippen LogP contribution in [-0.4, -0.2) is 87.5 Å². The van der Waals surface area contributed by atoms with Crippen LogP contribution in [0, 0.1) is 0 Å². The van der Waals surface area contributed by atoms with E-state index in [9.17, 15) is 4.79 Å². The van der Waals surface area contributed by atoms with Gasteiger partial charge >= 0.3 is 0 Å². The van der Waals surface area contributed by atoms with E-state index in [0.29, 0.717) is 0 Å². The molecule has 1 atom stereocenters. The van der Waals surface area contributed by atoms with E-state index in [0.717, 1.165) is 32.7 Å². The quantitative estimate of drug-likeness (QED) is 0.760. The Morgan fingerprint density at radius 3 is 2.06 bits per heavy atom. The van der Waals surface area contributed by atoms with Crippen molar-refractivity contribution in [2.24, 2.45) is 0 Å². The Labute approximate surface area is 124 Å². The first-order valence-corrected chi connectivity index (χ1v) is 6.23. The number of carbonyl (C=O) groups excluding carboxylic acids is 1. The molecule has 1 aliphatic rings. The normalized spacial score (nSPS) is 17.6. The van der Waals surface area contributed by atoms with E-state index in [2.05, 4.69) is 11.8 Å². The number of rotatable bonds is 3. The van der Waals surface area contributed by atoms with Gasteiger partial charge in [-0.15, -0.1) is 0 Å². The van der Waals surface area contributed by atoms with Gasteiger partial charge in [0.15, 0.2) is 0 Å². The fourth-order valence-corrected chi connectivity index (χ4v) is 1.64. The van der Waals surface area contributed by atoms with Gasteiger partial charge in [0.05, 0.1) is 0 Å². The van der Waals surface area contributed by atoms with Crippen molar-refractivity contribution >= 4 is 31.8 Å². The third-order valence-electron chi connectivity index (χ3n) is 2.83. The Morgan fingerprint density at radius 2 is 1.71 bits per heavy atom. The third kappa shape index (κ3) is 6.67. The molecule has 1 unspecified atom stereocenters. The molecule has 3 radical (unpaired) electrons. The first-order valence-electron chi connectivity index (χ1n) is 6.23. The maximum atomic E-state index is 11.7. The molecule has 0 aromatic heterocycles. The molecule has 0 spiro atoms. The first-order chi connectivity index (χ1) is 7.69. The number of carbonyl (C=O) groups is 1. The van der Waals surface area contributed by atoms with Crippen LogP contribution in [0.25, 0.3) is 0 Å². The predicted molar refractivity (Wildman–Crippen MR) is 72.3 cm³/mol. The van der Waals surface area contributed by atoms with Gasteiger partial charge in [-0.2, -0.15) is 0 Å². The second-order valence-electron chi connectivity index (χ2n) is 3.64. The van der Waals surface area contributed by atoms with Crippen molar-refractivity contribution in [1.29, 1.82) is 0 Å². The maximum Gasteiger partial charge on any atom is 0.251 e. The summed E-state index contributed by atoms with van der Waals surface area (Å²) in [5, 5.41) is 0. The van der Waals surface area contributed by atoms with Crippen molar-refractivity contribution in [2.75, 3.05) is 39.8 Å². The second kappa shape index (κ2) is 11.4. The van der Waals surface area contributed by atoms with Gasteiger partial charge < -0.3 is 14.5 Å². The third-order valence-corrected chi connectivity index (χ3v) is 2.83. The summed E-state index contributed by atoms with van der Waals surface area (Å²) in [5.41, 5.74) is 0. The van der Waals surface area contributed by atoms with Crippen LogP contribution in [0.5, 0.6) is 0 Å². The molecule has 1 fully saturated rings. The summed E-state index contributed by atoms with van der Waals surface area (Å²) in [6.07, 6.45) is -0.303. The number of amides is 1. The van der Waals surface area contributed by atoms with Gasteiger partial charge in [-0.05, 0) is 13.5 Å². The summed E-state index contributed by atoms with van der Waals surface area (Å²) in [7, 11) is 1.57. The molecular formula is C12H26InN2O2. The van der Waals surface area contributed by atoms with Crippen molar-refractivity contribution in [3.8, 4) is 0 Å². The molecule has 1 rings (SSSR count). The molecule has 1 amide bonds. The minimum Gasteiger partial charge on any atom is -0.372 e. The van der Waals surface area contributed by atoms with E-state index in [-0.39, 0.29) is 37.9 Å². The average molecular weight is 345 g/mol. The van der Waals surface area contributed by atoms with E-state index >= 15 is 0 Å². The second-order valence-corrected chi connectivity index (χ2v) is 3.64. The number of hydrogen-bond donors (Lipinski definition) is 0. The first kappa shape index (κ1) is 19.6. The maximum absolute atomic E-state index is 11.7. The number of methoxy groups -OCH3 is 1. The van der Waals surface area contributed by atoms with Crippen LogP contribution in [0.15, 0.2) is 0 Å². The molecule has 0 aromatic carbocycles. The SMILES string of the molecule is CC.CCN1CCN(C(=O)C(C)OC)CC1.[In]. The molecule has 0 N–H and O–H groups in total. The molecule has 1 saturated heterocycles. The van der Waals surface area contributed by atoms with Crippen LogP contribution >= 0.6 is 0 Å². The zero-order chi connectivity index (χ0) is 12.6. The topological polar surface area (TPSA) is 32.8 Å². The average Bonchev–Trinajstić information content (AvgIpc) is 2.39. The van der Waals surface area contributed by atoms with Crippen LogP contribution in [-0.2, 0) is 9.53 Å². The van der Waals surface area contributed by atoms with Crippen molar-refractivity contribution in [3.63, 3.8) is 0 Å². The van der Waals surface area contributed by atoms with Gasteiger partial charge in [-0.3, -0.25) is 4.79 Å². The fraction of sp³-hybridized carbons (Fsp3) is 0.917.